The zero-order chi connectivity index (χ0) is 13.8. The van der Waals surface area contributed by atoms with Crippen molar-refractivity contribution in [1.82, 2.24) is 4.98 Å². The number of hydrogen-bond donors (Lipinski definition) is 1. The molecule has 0 aliphatic heterocycles. The van der Waals surface area contributed by atoms with Crippen LogP contribution in [0.5, 0.6) is 0 Å². The van der Waals surface area contributed by atoms with E-state index < -0.39 is 0 Å². The van der Waals surface area contributed by atoms with E-state index in [1.54, 1.807) is 0 Å². The molecule has 0 bridgehead atoms. The molecule has 0 spiro atoms. The van der Waals surface area contributed by atoms with Crippen molar-refractivity contribution < 1.29 is 0 Å². The molecular weight excluding hydrogens is 234 g/mol. The predicted molar refractivity (Wildman–Crippen MR) is 81.3 cm³/mol. The first-order valence-electron chi connectivity index (χ1n) is 7.56. The van der Waals surface area contributed by atoms with Gasteiger partial charge in [-0.15, -0.1) is 0 Å². The van der Waals surface area contributed by atoms with Gasteiger partial charge >= 0.3 is 0 Å². The molecule has 2 rings (SSSR count). The smallest absolute Gasteiger partial charge is 0.129 e. The van der Waals surface area contributed by atoms with Crippen molar-refractivity contribution in [3.63, 3.8) is 0 Å². The van der Waals surface area contributed by atoms with E-state index in [1.165, 1.54) is 31.2 Å². The van der Waals surface area contributed by atoms with Gasteiger partial charge in [0.2, 0.25) is 0 Å². The first-order valence-corrected chi connectivity index (χ1v) is 7.56. The lowest BCUT2D eigenvalue weighted by Crippen LogP contribution is -2.37. The van der Waals surface area contributed by atoms with Crippen LogP contribution in [0.1, 0.15) is 58.1 Å². The van der Waals surface area contributed by atoms with Crippen LogP contribution < -0.4 is 10.6 Å². The van der Waals surface area contributed by atoms with Crippen molar-refractivity contribution in [1.29, 1.82) is 0 Å². The van der Waals surface area contributed by atoms with Gasteiger partial charge in [-0.25, -0.2) is 4.98 Å². The molecular formula is C16H27N3. The zero-order valence-electron chi connectivity index (χ0n) is 12.5. The number of nitrogens with zero attached hydrogens (tertiary/aromatic N) is 2. The van der Waals surface area contributed by atoms with Gasteiger partial charge in [-0.05, 0) is 43.4 Å². The molecule has 1 saturated carbocycles. The molecule has 1 aliphatic rings. The molecule has 0 unspecified atom stereocenters. The topological polar surface area (TPSA) is 42.1 Å². The molecule has 1 atom stereocenters. The molecule has 1 aliphatic carbocycles. The number of pyridine rings is 1. The van der Waals surface area contributed by atoms with Crippen LogP contribution in [0.2, 0.25) is 0 Å². The minimum Gasteiger partial charge on any atom is -0.353 e. The van der Waals surface area contributed by atoms with Crippen LogP contribution in [-0.4, -0.2) is 17.6 Å². The quantitative estimate of drug-likeness (QED) is 0.882. The van der Waals surface area contributed by atoms with Gasteiger partial charge in [0, 0.05) is 24.8 Å². The highest BCUT2D eigenvalue weighted by Crippen LogP contribution is 2.28. The molecule has 0 saturated heterocycles. The average Bonchev–Trinajstić information content (AvgIpc) is 2.89. The van der Waals surface area contributed by atoms with Crippen molar-refractivity contribution in [3.8, 4) is 0 Å². The molecule has 0 radical (unpaired) electrons. The molecule has 0 aromatic carbocycles. The van der Waals surface area contributed by atoms with Gasteiger partial charge in [0.1, 0.15) is 5.82 Å². The largest absolute Gasteiger partial charge is 0.353 e. The van der Waals surface area contributed by atoms with Gasteiger partial charge < -0.3 is 10.6 Å². The summed E-state index contributed by atoms with van der Waals surface area (Å²) in [6, 6.07) is 4.94. The minimum atomic E-state index is 0.0752. The van der Waals surface area contributed by atoms with E-state index in [9.17, 15) is 0 Å². The minimum absolute atomic E-state index is 0.0752. The van der Waals surface area contributed by atoms with E-state index in [1.807, 2.05) is 19.2 Å². The van der Waals surface area contributed by atoms with Crippen molar-refractivity contribution in [3.05, 3.63) is 23.9 Å². The van der Waals surface area contributed by atoms with Gasteiger partial charge in [0.15, 0.2) is 0 Å². The third-order valence-electron chi connectivity index (χ3n) is 3.92. The summed E-state index contributed by atoms with van der Waals surface area (Å²) < 4.78 is 0. The summed E-state index contributed by atoms with van der Waals surface area (Å²) >= 11 is 0. The number of rotatable bonds is 5. The third-order valence-corrected chi connectivity index (χ3v) is 3.92. The Balaban J connectivity index is 2.23. The zero-order valence-corrected chi connectivity index (χ0v) is 12.5. The molecule has 2 N–H and O–H groups in total. The Hall–Kier alpha value is -1.09. The summed E-state index contributed by atoms with van der Waals surface area (Å²) in [5, 5.41) is 0. The SMILES string of the molecule is CC(C)CN(c1cc([C@@H](C)N)ccn1)C1CCCC1. The summed E-state index contributed by atoms with van der Waals surface area (Å²) in [6.07, 6.45) is 7.21. The van der Waals surface area contributed by atoms with Crippen molar-refractivity contribution >= 4 is 5.82 Å². The second-order valence-corrected chi connectivity index (χ2v) is 6.22. The Labute approximate surface area is 117 Å². The van der Waals surface area contributed by atoms with Crippen LogP contribution in [0.4, 0.5) is 5.82 Å². The molecule has 1 fully saturated rings. The van der Waals surface area contributed by atoms with E-state index in [0.717, 1.165) is 12.4 Å². The third kappa shape index (κ3) is 3.69. The van der Waals surface area contributed by atoms with Gasteiger partial charge in [-0.3, -0.25) is 0 Å². The molecule has 0 amide bonds. The fraction of sp³-hybridized carbons (Fsp3) is 0.688. The molecule has 3 nitrogen and oxygen atoms in total. The Bertz CT molecular complexity index is 395. The first kappa shape index (κ1) is 14.3. The van der Waals surface area contributed by atoms with E-state index in [-0.39, 0.29) is 6.04 Å². The van der Waals surface area contributed by atoms with Gasteiger partial charge in [-0.1, -0.05) is 26.7 Å². The average molecular weight is 261 g/mol. The number of aromatic nitrogens is 1. The highest BCUT2D eigenvalue weighted by Gasteiger charge is 2.24. The van der Waals surface area contributed by atoms with E-state index >= 15 is 0 Å². The first-order chi connectivity index (χ1) is 9.08. The normalized spacial score (nSPS) is 17.9. The van der Waals surface area contributed by atoms with Crippen molar-refractivity contribution in [2.75, 3.05) is 11.4 Å². The molecule has 1 aromatic rings. The summed E-state index contributed by atoms with van der Waals surface area (Å²) in [6.45, 7) is 7.66. The summed E-state index contributed by atoms with van der Waals surface area (Å²) in [5.74, 6) is 1.76. The fourth-order valence-electron chi connectivity index (χ4n) is 2.91. The van der Waals surface area contributed by atoms with Crippen LogP contribution in [0.25, 0.3) is 0 Å². The summed E-state index contributed by atoms with van der Waals surface area (Å²) in [7, 11) is 0. The predicted octanol–water partition coefficient (Wildman–Crippen LogP) is 3.51. The fourth-order valence-corrected chi connectivity index (χ4v) is 2.91. The number of anilines is 1. The van der Waals surface area contributed by atoms with E-state index in [0.29, 0.717) is 12.0 Å². The molecule has 106 valence electrons. The molecule has 1 heterocycles. The van der Waals surface area contributed by atoms with Gasteiger partial charge in [0.05, 0.1) is 0 Å². The lowest BCUT2D eigenvalue weighted by molar-refractivity contribution is 0.531. The Morgan fingerprint density at radius 1 is 1.32 bits per heavy atom. The lowest BCUT2D eigenvalue weighted by Gasteiger charge is -2.32. The Morgan fingerprint density at radius 2 is 2.00 bits per heavy atom. The highest BCUT2D eigenvalue weighted by atomic mass is 15.2. The highest BCUT2D eigenvalue weighted by molar-refractivity contribution is 5.43. The molecule has 19 heavy (non-hydrogen) atoms. The Kier molecular flexibility index (Phi) is 4.81. The van der Waals surface area contributed by atoms with E-state index in [2.05, 4.69) is 29.8 Å². The van der Waals surface area contributed by atoms with Crippen LogP contribution in [0.3, 0.4) is 0 Å². The maximum atomic E-state index is 5.99. The van der Waals surface area contributed by atoms with Crippen molar-refractivity contribution in [2.45, 2.75) is 58.5 Å². The van der Waals surface area contributed by atoms with Crippen LogP contribution >= 0.6 is 0 Å². The number of nitrogens with two attached hydrogens (primary N) is 1. The maximum Gasteiger partial charge on any atom is 0.129 e. The summed E-state index contributed by atoms with van der Waals surface area (Å²) in [4.78, 5) is 7.09. The van der Waals surface area contributed by atoms with Crippen molar-refractivity contribution in [2.24, 2.45) is 11.7 Å². The monoisotopic (exact) mass is 261 g/mol. The Morgan fingerprint density at radius 3 is 2.58 bits per heavy atom. The lowest BCUT2D eigenvalue weighted by atomic mass is 10.1. The molecule has 3 heteroatoms. The summed E-state index contributed by atoms with van der Waals surface area (Å²) in [5.41, 5.74) is 7.17. The molecule has 1 aromatic heterocycles. The van der Waals surface area contributed by atoms with Gasteiger partial charge in [0.25, 0.3) is 0 Å². The van der Waals surface area contributed by atoms with Crippen LogP contribution in [0.15, 0.2) is 18.3 Å². The van der Waals surface area contributed by atoms with Gasteiger partial charge in [-0.2, -0.15) is 0 Å². The maximum absolute atomic E-state index is 5.99. The second-order valence-electron chi connectivity index (χ2n) is 6.22. The number of hydrogen-bond acceptors (Lipinski definition) is 3. The second kappa shape index (κ2) is 6.38. The van der Waals surface area contributed by atoms with E-state index in [4.69, 9.17) is 5.73 Å². The van der Waals surface area contributed by atoms with Crippen LogP contribution in [0, 0.1) is 5.92 Å². The standard InChI is InChI=1S/C16H27N3/c1-12(2)11-19(15-6-4-5-7-15)16-10-14(13(3)17)8-9-18-16/h8-10,12-13,15H,4-7,11,17H2,1-3H3/t13-/m1/s1. The van der Waals surface area contributed by atoms with Crippen LogP contribution in [-0.2, 0) is 0 Å².